The van der Waals surface area contributed by atoms with Gasteiger partial charge in [-0.3, -0.25) is 9.59 Å². The van der Waals surface area contributed by atoms with Gasteiger partial charge in [-0.2, -0.15) is 12.6 Å². The Morgan fingerprint density at radius 3 is 2.42 bits per heavy atom. The molecule has 0 aromatic heterocycles. The summed E-state index contributed by atoms with van der Waals surface area (Å²) in [6.07, 6.45) is 3.47. The van der Waals surface area contributed by atoms with E-state index in [1.807, 2.05) is 0 Å². The van der Waals surface area contributed by atoms with Crippen molar-refractivity contribution in [3.05, 3.63) is 12.2 Å². The first-order chi connectivity index (χ1) is 5.75. The molecule has 0 aliphatic carbocycles. The normalized spacial score (nSPS) is 16.2. The van der Waals surface area contributed by atoms with Gasteiger partial charge >= 0.3 is 0 Å². The summed E-state index contributed by atoms with van der Waals surface area (Å²) in [7, 11) is 0. The molecule has 1 aliphatic heterocycles. The Morgan fingerprint density at radius 2 is 1.92 bits per heavy atom. The molecule has 0 fully saturated rings. The first-order valence-corrected chi connectivity index (χ1v) is 5.13. The molecule has 66 valence electrons. The molecule has 0 aromatic rings. The molecule has 0 atom stereocenters. The van der Waals surface area contributed by atoms with Crippen molar-refractivity contribution in [3.8, 4) is 0 Å². The predicted octanol–water partition coefficient (Wildman–Crippen LogP) is 0.879. The molecule has 12 heavy (non-hydrogen) atoms. The van der Waals surface area contributed by atoms with E-state index >= 15 is 0 Å². The van der Waals surface area contributed by atoms with Crippen molar-refractivity contribution < 1.29 is 9.59 Å². The highest BCUT2D eigenvalue weighted by atomic mass is 32.2. The Bertz CT molecular complexity index is 209. The zero-order chi connectivity index (χ0) is 8.97. The maximum atomic E-state index is 11.0. The lowest BCUT2D eigenvalue weighted by Crippen LogP contribution is -2.22. The van der Waals surface area contributed by atoms with Crippen LogP contribution >= 0.6 is 24.6 Å². The molecule has 0 spiro atoms. The number of hydrogen-bond donors (Lipinski definition) is 1. The Morgan fingerprint density at radius 1 is 1.33 bits per heavy atom. The van der Waals surface area contributed by atoms with Crippen molar-refractivity contribution in [2.24, 2.45) is 0 Å². The van der Waals surface area contributed by atoms with Gasteiger partial charge < -0.3 is 0 Å². The molecule has 0 N–H and O–H groups in total. The van der Waals surface area contributed by atoms with Crippen LogP contribution in [-0.2, 0) is 9.59 Å². The van der Waals surface area contributed by atoms with Gasteiger partial charge in [0.25, 0.3) is 11.8 Å². The molecular formula is C7H9NO2S2. The van der Waals surface area contributed by atoms with Crippen LogP contribution in [0.2, 0.25) is 0 Å². The summed E-state index contributed by atoms with van der Waals surface area (Å²) in [6, 6.07) is 0. The van der Waals surface area contributed by atoms with Crippen molar-refractivity contribution in [3.63, 3.8) is 0 Å². The standard InChI is InChI=1S/C7H9NO2S2/c9-6-2-3-7(10)8(6)12-5-1-4-11/h2-3,11H,1,4-5H2. The van der Waals surface area contributed by atoms with Crippen LogP contribution in [0.4, 0.5) is 0 Å². The summed E-state index contributed by atoms with van der Waals surface area (Å²) in [5, 5.41) is 0. The summed E-state index contributed by atoms with van der Waals surface area (Å²) in [4.78, 5) is 21.9. The number of thiol groups is 1. The highest BCUT2D eigenvalue weighted by Gasteiger charge is 2.23. The van der Waals surface area contributed by atoms with E-state index in [1.165, 1.54) is 28.4 Å². The van der Waals surface area contributed by atoms with Gasteiger partial charge in [0, 0.05) is 17.9 Å². The van der Waals surface area contributed by atoms with E-state index in [-0.39, 0.29) is 11.8 Å². The number of carbonyl (C=O) groups is 2. The number of rotatable bonds is 4. The fourth-order valence-electron chi connectivity index (χ4n) is 0.734. The first-order valence-electron chi connectivity index (χ1n) is 3.55. The monoisotopic (exact) mass is 203 g/mol. The number of nitrogens with zero attached hydrogens (tertiary/aromatic N) is 1. The quantitative estimate of drug-likeness (QED) is 0.319. The van der Waals surface area contributed by atoms with Crippen LogP contribution in [-0.4, -0.2) is 27.6 Å². The van der Waals surface area contributed by atoms with Gasteiger partial charge in [-0.05, 0) is 24.1 Å². The zero-order valence-corrected chi connectivity index (χ0v) is 8.11. The molecule has 0 saturated carbocycles. The van der Waals surface area contributed by atoms with E-state index in [9.17, 15) is 9.59 Å². The van der Waals surface area contributed by atoms with Crippen molar-refractivity contribution >= 4 is 36.4 Å². The lowest BCUT2D eigenvalue weighted by molar-refractivity contribution is -0.130. The average Bonchev–Trinajstić information content (AvgIpc) is 2.35. The zero-order valence-electron chi connectivity index (χ0n) is 6.40. The van der Waals surface area contributed by atoms with Crippen LogP contribution in [0.3, 0.4) is 0 Å². The van der Waals surface area contributed by atoms with Crippen molar-refractivity contribution in [1.82, 2.24) is 4.31 Å². The van der Waals surface area contributed by atoms with E-state index in [2.05, 4.69) is 12.6 Å². The topological polar surface area (TPSA) is 37.4 Å². The average molecular weight is 203 g/mol. The number of carbonyl (C=O) groups excluding carboxylic acids is 2. The molecule has 0 unspecified atom stereocenters. The van der Waals surface area contributed by atoms with Gasteiger partial charge in [0.05, 0.1) is 0 Å². The number of imide groups is 1. The minimum absolute atomic E-state index is 0.232. The highest BCUT2D eigenvalue weighted by Crippen LogP contribution is 2.17. The molecular weight excluding hydrogens is 194 g/mol. The molecule has 1 aliphatic rings. The third-order valence-electron chi connectivity index (χ3n) is 1.29. The van der Waals surface area contributed by atoms with Gasteiger partial charge in [0.15, 0.2) is 0 Å². The first kappa shape index (κ1) is 9.67. The second-order valence-electron chi connectivity index (χ2n) is 2.21. The second kappa shape index (κ2) is 4.57. The highest BCUT2D eigenvalue weighted by molar-refractivity contribution is 7.98. The van der Waals surface area contributed by atoms with Crippen molar-refractivity contribution in [1.29, 1.82) is 0 Å². The lowest BCUT2D eigenvalue weighted by atomic mass is 10.6. The fraction of sp³-hybridized carbons (Fsp3) is 0.429. The molecule has 3 nitrogen and oxygen atoms in total. The van der Waals surface area contributed by atoms with Crippen LogP contribution < -0.4 is 0 Å². The van der Waals surface area contributed by atoms with E-state index in [0.717, 1.165) is 17.9 Å². The van der Waals surface area contributed by atoms with Gasteiger partial charge in [-0.1, -0.05) is 0 Å². The van der Waals surface area contributed by atoms with E-state index in [1.54, 1.807) is 0 Å². The third-order valence-corrected chi connectivity index (χ3v) is 2.70. The summed E-state index contributed by atoms with van der Waals surface area (Å²) < 4.78 is 1.17. The van der Waals surface area contributed by atoms with Crippen molar-refractivity contribution in [2.45, 2.75) is 6.42 Å². The maximum absolute atomic E-state index is 11.0. The molecule has 1 heterocycles. The van der Waals surface area contributed by atoms with E-state index < -0.39 is 0 Å². The Balaban J connectivity index is 2.33. The predicted molar refractivity (Wildman–Crippen MR) is 51.9 cm³/mol. The number of amides is 2. The summed E-state index contributed by atoms with van der Waals surface area (Å²) in [5.41, 5.74) is 0. The van der Waals surface area contributed by atoms with Crippen LogP contribution in [0.5, 0.6) is 0 Å². The molecule has 0 aromatic carbocycles. The minimum atomic E-state index is -0.232. The minimum Gasteiger partial charge on any atom is -0.268 e. The third kappa shape index (κ3) is 2.28. The molecule has 1 rings (SSSR count). The maximum Gasteiger partial charge on any atom is 0.263 e. The molecule has 0 radical (unpaired) electrons. The Labute approximate surface area is 80.7 Å². The summed E-state index contributed by atoms with van der Waals surface area (Å²) in [6.45, 7) is 0. The Kier molecular flexibility index (Phi) is 3.68. The lowest BCUT2D eigenvalue weighted by Gasteiger charge is -2.10. The number of hydrogen-bond acceptors (Lipinski definition) is 4. The second-order valence-corrected chi connectivity index (χ2v) is 3.69. The largest absolute Gasteiger partial charge is 0.268 e. The van der Waals surface area contributed by atoms with E-state index in [4.69, 9.17) is 0 Å². The van der Waals surface area contributed by atoms with Gasteiger partial charge in [-0.25, -0.2) is 4.31 Å². The van der Waals surface area contributed by atoms with Gasteiger partial charge in [0.2, 0.25) is 0 Å². The van der Waals surface area contributed by atoms with Gasteiger partial charge in [-0.15, -0.1) is 0 Å². The Hall–Kier alpha value is -0.420. The summed E-state index contributed by atoms with van der Waals surface area (Å²) in [5.74, 6) is 1.06. The van der Waals surface area contributed by atoms with Crippen LogP contribution in [0.25, 0.3) is 0 Å². The van der Waals surface area contributed by atoms with Crippen LogP contribution in [0.15, 0.2) is 12.2 Å². The van der Waals surface area contributed by atoms with Crippen LogP contribution in [0, 0.1) is 0 Å². The van der Waals surface area contributed by atoms with E-state index in [0.29, 0.717) is 0 Å². The molecule has 2 amide bonds. The molecule has 5 heteroatoms. The molecule has 0 bridgehead atoms. The van der Waals surface area contributed by atoms with Crippen molar-refractivity contribution in [2.75, 3.05) is 11.5 Å². The summed E-state index contributed by atoms with van der Waals surface area (Å²) >= 11 is 5.27. The SMILES string of the molecule is O=C1C=CC(=O)N1SCCCS. The smallest absolute Gasteiger partial charge is 0.263 e. The molecule has 0 saturated heterocycles. The van der Waals surface area contributed by atoms with Gasteiger partial charge in [0.1, 0.15) is 0 Å². The fourth-order valence-corrected chi connectivity index (χ4v) is 1.94. The van der Waals surface area contributed by atoms with Crippen LogP contribution in [0.1, 0.15) is 6.42 Å².